The second-order valence-corrected chi connectivity index (χ2v) is 8.12. The average molecular weight is 382 g/mol. The first-order chi connectivity index (χ1) is 13.8. The lowest BCUT2D eigenvalue weighted by atomic mass is 9.86. The summed E-state index contributed by atoms with van der Waals surface area (Å²) in [5, 5.41) is 9.38. The zero-order chi connectivity index (χ0) is 20.6. The van der Waals surface area contributed by atoms with Crippen LogP contribution in [0.2, 0.25) is 0 Å². The van der Waals surface area contributed by atoms with E-state index >= 15 is 0 Å². The molecule has 4 heteroatoms. The van der Waals surface area contributed by atoms with Crippen molar-refractivity contribution in [2.45, 2.75) is 26.2 Å². The Morgan fingerprint density at radius 3 is 1.90 bits per heavy atom. The maximum Gasteiger partial charge on any atom is 0.335 e. The third-order valence-electron chi connectivity index (χ3n) is 4.98. The van der Waals surface area contributed by atoms with Crippen LogP contribution >= 0.6 is 0 Å². The molecular weight excluding hydrogens is 360 g/mol. The predicted molar refractivity (Wildman–Crippen MR) is 116 cm³/mol. The van der Waals surface area contributed by atoms with Crippen molar-refractivity contribution in [3.63, 3.8) is 0 Å². The summed E-state index contributed by atoms with van der Waals surface area (Å²) in [4.78, 5) is 21.2. The number of hydrogen-bond donors (Lipinski definition) is 1. The molecule has 0 aliphatic carbocycles. The Morgan fingerprint density at radius 1 is 0.759 bits per heavy atom. The molecule has 1 heterocycles. The molecule has 0 fully saturated rings. The fraction of sp³-hybridized carbons (Fsp3) is 0.160. The highest BCUT2D eigenvalue weighted by Gasteiger charge is 2.17. The zero-order valence-electron chi connectivity index (χ0n) is 16.7. The molecule has 0 spiro atoms. The van der Waals surface area contributed by atoms with Crippen LogP contribution in [0.15, 0.2) is 72.8 Å². The molecule has 0 radical (unpaired) electrons. The summed E-state index contributed by atoms with van der Waals surface area (Å²) in [6, 6.07) is 22.9. The van der Waals surface area contributed by atoms with E-state index in [1.807, 2.05) is 30.3 Å². The molecular formula is C25H22N2O2. The molecule has 0 amide bonds. The van der Waals surface area contributed by atoms with Gasteiger partial charge in [-0.3, -0.25) is 0 Å². The average Bonchev–Trinajstić information content (AvgIpc) is 2.72. The first-order valence-corrected chi connectivity index (χ1v) is 9.54. The van der Waals surface area contributed by atoms with Gasteiger partial charge < -0.3 is 5.11 Å². The van der Waals surface area contributed by atoms with Crippen molar-refractivity contribution in [3.05, 3.63) is 83.9 Å². The molecule has 0 aliphatic heterocycles. The Labute approximate surface area is 169 Å². The fourth-order valence-corrected chi connectivity index (χ4v) is 3.33. The molecule has 4 nitrogen and oxygen atoms in total. The van der Waals surface area contributed by atoms with Crippen LogP contribution in [0.1, 0.15) is 36.7 Å². The fourth-order valence-electron chi connectivity index (χ4n) is 3.33. The Balaban J connectivity index is 1.94. The van der Waals surface area contributed by atoms with Crippen LogP contribution in [0.4, 0.5) is 0 Å². The number of aromatic nitrogens is 2. The van der Waals surface area contributed by atoms with Crippen LogP contribution in [-0.4, -0.2) is 21.0 Å². The van der Waals surface area contributed by atoms with Crippen molar-refractivity contribution >= 4 is 17.0 Å². The third-order valence-corrected chi connectivity index (χ3v) is 4.98. The van der Waals surface area contributed by atoms with Gasteiger partial charge in [-0.1, -0.05) is 69.3 Å². The molecule has 4 aromatic rings. The zero-order valence-corrected chi connectivity index (χ0v) is 16.7. The number of carbonyl (C=O) groups is 1. The monoisotopic (exact) mass is 382 g/mol. The minimum absolute atomic E-state index is 0.0617. The highest BCUT2D eigenvalue weighted by Crippen LogP contribution is 2.33. The molecule has 0 bridgehead atoms. The lowest BCUT2D eigenvalue weighted by Gasteiger charge is -2.19. The number of benzene rings is 3. The number of rotatable bonds is 3. The molecule has 144 valence electrons. The van der Waals surface area contributed by atoms with E-state index in [2.05, 4.69) is 45.0 Å². The largest absolute Gasteiger partial charge is 0.478 e. The van der Waals surface area contributed by atoms with E-state index in [-0.39, 0.29) is 11.0 Å². The van der Waals surface area contributed by atoms with Crippen LogP contribution in [0.25, 0.3) is 33.5 Å². The standard InChI is InChI=1S/C25H22N2O2/c1-25(2,3)19-13-11-16(12-14-19)22-23(17-7-6-8-18(15-17)24(28)29)27-21-10-5-4-9-20(21)26-22/h4-15H,1-3H3,(H,28,29). The summed E-state index contributed by atoms with van der Waals surface area (Å²) in [5.41, 5.74) is 6.22. The van der Waals surface area contributed by atoms with E-state index in [0.717, 1.165) is 27.9 Å². The maximum absolute atomic E-state index is 11.4. The number of fused-ring (bicyclic) bond motifs is 1. The summed E-state index contributed by atoms with van der Waals surface area (Å²) in [7, 11) is 0. The molecule has 1 N–H and O–H groups in total. The van der Waals surface area contributed by atoms with Crippen molar-refractivity contribution in [2.75, 3.05) is 0 Å². The smallest absolute Gasteiger partial charge is 0.335 e. The predicted octanol–water partition coefficient (Wildman–Crippen LogP) is 5.96. The Morgan fingerprint density at radius 2 is 1.34 bits per heavy atom. The van der Waals surface area contributed by atoms with Gasteiger partial charge >= 0.3 is 5.97 Å². The number of carboxylic acid groups (broad SMARTS) is 1. The number of aromatic carboxylic acids is 1. The highest BCUT2D eigenvalue weighted by molar-refractivity contribution is 5.91. The highest BCUT2D eigenvalue weighted by atomic mass is 16.4. The molecule has 0 aliphatic rings. The lowest BCUT2D eigenvalue weighted by Crippen LogP contribution is -2.10. The summed E-state index contributed by atoms with van der Waals surface area (Å²) >= 11 is 0. The van der Waals surface area contributed by atoms with E-state index in [9.17, 15) is 9.90 Å². The van der Waals surface area contributed by atoms with Crippen molar-refractivity contribution in [3.8, 4) is 22.5 Å². The van der Waals surface area contributed by atoms with Crippen molar-refractivity contribution in [2.24, 2.45) is 0 Å². The Bertz CT molecular complexity index is 1210. The van der Waals surface area contributed by atoms with Gasteiger partial charge in [0.05, 0.1) is 28.0 Å². The minimum Gasteiger partial charge on any atom is -0.478 e. The number of para-hydroxylation sites is 2. The molecule has 1 aromatic heterocycles. The maximum atomic E-state index is 11.4. The van der Waals surface area contributed by atoms with Gasteiger partial charge in [-0.25, -0.2) is 14.8 Å². The van der Waals surface area contributed by atoms with Gasteiger partial charge in [0.1, 0.15) is 0 Å². The SMILES string of the molecule is CC(C)(C)c1ccc(-c2nc3ccccc3nc2-c2cccc(C(=O)O)c2)cc1. The molecule has 4 rings (SSSR count). The number of nitrogens with zero attached hydrogens (tertiary/aromatic N) is 2. The van der Waals surface area contributed by atoms with E-state index in [0.29, 0.717) is 5.69 Å². The molecule has 3 aromatic carbocycles. The third kappa shape index (κ3) is 3.74. The first-order valence-electron chi connectivity index (χ1n) is 9.54. The summed E-state index contributed by atoms with van der Waals surface area (Å²) in [6.07, 6.45) is 0. The van der Waals surface area contributed by atoms with Gasteiger partial charge in [0, 0.05) is 11.1 Å². The Hall–Kier alpha value is -3.53. The molecule has 0 saturated carbocycles. The van der Waals surface area contributed by atoms with Crippen LogP contribution in [0, 0.1) is 0 Å². The van der Waals surface area contributed by atoms with Crippen molar-refractivity contribution in [1.29, 1.82) is 0 Å². The number of carboxylic acids is 1. The summed E-state index contributed by atoms with van der Waals surface area (Å²) in [5.74, 6) is -0.961. The van der Waals surface area contributed by atoms with Gasteiger partial charge in [-0.05, 0) is 35.2 Å². The first kappa shape index (κ1) is 18.8. The van der Waals surface area contributed by atoms with E-state index < -0.39 is 5.97 Å². The van der Waals surface area contributed by atoms with Gasteiger partial charge in [-0.15, -0.1) is 0 Å². The van der Waals surface area contributed by atoms with E-state index in [1.165, 1.54) is 5.56 Å². The molecule has 0 unspecified atom stereocenters. The lowest BCUT2D eigenvalue weighted by molar-refractivity contribution is 0.0697. The van der Waals surface area contributed by atoms with Gasteiger partial charge in [0.15, 0.2) is 0 Å². The molecule has 0 atom stereocenters. The number of hydrogen-bond acceptors (Lipinski definition) is 3. The van der Waals surface area contributed by atoms with Crippen LogP contribution in [-0.2, 0) is 5.41 Å². The van der Waals surface area contributed by atoms with Crippen LogP contribution in [0.3, 0.4) is 0 Å². The normalized spacial score (nSPS) is 11.6. The summed E-state index contributed by atoms with van der Waals surface area (Å²) < 4.78 is 0. The second-order valence-electron chi connectivity index (χ2n) is 8.12. The topological polar surface area (TPSA) is 63.1 Å². The minimum atomic E-state index is -0.961. The summed E-state index contributed by atoms with van der Waals surface area (Å²) in [6.45, 7) is 6.54. The van der Waals surface area contributed by atoms with Crippen molar-refractivity contribution < 1.29 is 9.90 Å². The van der Waals surface area contributed by atoms with Gasteiger partial charge in [0.2, 0.25) is 0 Å². The van der Waals surface area contributed by atoms with Gasteiger partial charge in [-0.2, -0.15) is 0 Å². The molecule has 29 heavy (non-hydrogen) atoms. The Kier molecular flexibility index (Phi) is 4.63. The van der Waals surface area contributed by atoms with Crippen LogP contribution in [0.5, 0.6) is 0 Å². The van der Waals surface area contributed by atoms with Crippen molar-refractivity contribution in [1.82, 2.24) is 9.97 Å². The van der Waals surface area contributed by atoms with E-state index in [1.54, 1.807) is 18.2 Å². The van der Waals surface area contributed by atoms with Gasteiger partial charge in [0.25, 0.3) is 0 Å². The molecule has 0 saturated heterocycles. The second kappa shape index (κ2) is 7.13. The van der Waals surface area contributed by atoms with E-state index in [4.69, 9.17) is 9.97 Å². The quantitative estimate of drug-likeness (QED) is 0.475. The van der Waals surface area contributed by atoms with Crippen LogP contribution < -0.4 is 0 Å².